The van der Waals surface area contributed by atoms with Crippen molar-refractivity contribution in [2.75, 3.05) is 159 Å². The Hall–Kier alpha value is -1.76. The Morgan fingerprint density at radius 1 is 0.383 bits per heavy atom. The number of carbonyl (C=O) groups excluding carboxylic acids is 2. The monoisotopic (exact) mass is 684 g/mol. The Morgan fingerprint density at radius 3 is 0.809 bits per heavy atom. The van der Waals surface area contributed by atoms with E-state index in [1.165, 1.54) is 0 Å². The van der Waals surface area contributed by atoms with Crippen LogP contribution in [0, 0.1) is 0 Å². The Balaban J connectivity index is 3.09. The zero-order valence-electron chi connectivity index (χ0n) is 28.7. The lowest BCUT2D eigenvalue weighted by molar-refractivity contribution is -0.145. The van der Waals surface area contributed by atoms with Gasteiger partial charge in [-0.1, -0.05) is 13.5 Å². The highest BCUT2D eigenvalue weighted by Gasteiger charge is 2.02. The molecule has 15 heteroatoms. The highest BCUT2D eigenvalue weighted by molar-refractivity contribution is 5.86. The van der Waals surface area contributed by atoms with Gasteiger partial charge in [0.25, 0.3) is 0 Å². The summed E-state index contributed by atoms with van der Waals surface area (Å²) in [6, 6.07) is 0. The molecule has 0 rings (SSSR count). The first-order valence-electron chi connectivity index (χ1n) is 16.4. The van der Waals surface area contributed by atoms with E-state index in [-0.39, 0.29) is 19.2 Å². The van der Waals surface area contributed by atoms with Crippen LogP contribution in [0.5, 0.6) is 0 Å². The SMILES string of the molecule is C=C(C)C(=O)OCCOCCOCCOCCOCCOCCOCCOCCOCCOCCOCCOCCOC(=O)CCC. The number of esters is 2. The predicted octanol–water partition coefficient (Wildman–Crippen LogP) is 1.63. The highest BCUT2D eigenvalue weighted by Crippen LogP contribution is 1.93. The van der Waals surface area contributed by atoms with Crippen LogP contribution in [-0.4, -0.2) is 171 Å². The molecule has 0 aromatic heterocycles. The van der Waals surface area contributed by atoms with Gasteiger partial charge in [0.2, 0.25) is 0 Å². The number of ether oxygens (including phenoxy) is 13. The molecule has 47 heavy (non-hydrogen) atoms. The second-order valence-electron chi connectivity index (χ2n) is 9.62. The minimum Gasteiger partial charge on any atom is -0.463 e. The molecular formula is C32H60O15. The largest absolute Gasteiger partial charge is 0.463 e. The molecule has 0 saturated carbocycles. The molecule has 0 bridgehead atoms. The van der Waals surface area contributed by atoms with Crippen molar-refractivity contribution in [1.29, 1.82) is 0 Å². The topological polar surface area (TPSA) is 154 Å². The Labute approximate surface area is 280 Å². The van der Waals surface area contributed by atoms with Crippen molar-refractivity contribution >= 4 is 11.9 Å². The van der Waals surface area contributed by atoms with E-state index < -0.39 is 5.97 Å². The summed E-state index contributed by atoms with van der Waals surface area (Å²) in [5.74, 6) is -0.608. The van der Waals surface area contributed by atoms with Gasteiger partial charge in [-0.25, -0.2) is 4.79 Å². The van der Waals surface area contributed by atoms with Crippen LogP contribution in [0.1, 0.15) is 26.7 Å². The molecule has 0 aromatic rings. The standard InChI is InChI=1S/C32H60O15/c1-4-5-31(33)46-28-26-44-24-22-42-20-18-40-16-14-38-12-10-36-8-6-35-7-9-37-11-13-39-15-17-41-19-21-43-23-25-45-27-29-47-32(34)30(2)3/h2,4-29H2,1,3H3. The summed E-state index contributed by atoms with van der Waals surface area (Å²) < 4.78 is 69.5. The fourth-order valence-electron chi connectivity index (χ4n) is 3.11. The van der Waals surface area contributed by atoms with Crippen molar-refractivity contribution in [3.63, 3.8) is 0 Å². The fraction of sp³-hybridized carbons (Fsp3) is 0.875. The van der Waals surface area contributed by atoms with Crippen molar-refractivity contribution in [2.24, 2.45) is 0 Å². The van der Waals surface area contributed by atoms with E-state index >= 15 is 0 Å². The number of carbonyl (C=O) groups is 2. The molecule has 0 fully saturated rings. The zero-order valence-corrected chi connectivity index (χ0v) is 28.7. The van der Waals surface area contributed by atoms with Gasteiger partial charge in [-0.05, 0) is 13.3 Å². The Bertz CT molecular complexity index is 695. The summed E-state index contributed by atoms with van der Waals surface area (Å²) in [7, 11) is 0. The molecule has 15 nitrogen and oxygen atoms in total. The van der Waals surface area contributed by atoms with Gasteiger partial charge in [0.05, 0.1) is 145 Å². The second kappa shape index (κ2) is 38.7. The molecule has 0 amide bonds. The van der Waals surface area contributed by atoms with Crippen molar-refractivity contribution in [3.8, 4) is 0 Å². The fourth-order valence-corrected chi connectivity index (χ4v) is 3.11. The lowest BCUT2D eigenvalue weighted by Crippen LogP contribution is -2.16. The molecule has 0 aromatic carbocycles. The molecule has 0 unspecified atom stereocenters. The molecule has 0 spiro atoms. The smallest absolute Gasteiger partial charge is 0.333 e. The lowest BCUT2D eigenvalue weighted by Gasteiger charge is -2.09. The van der Waals surface area contributed by atoms with Crippen molar-refractivity contribution in [1.82, 2.24) is 0 Å². The van der Waals surface area contributed by atoms with Gasteiger partial charge in [0, 0.05) is 12.0 Å². The summed E-state index contributed by atoms with van der Waals surface area (Å²) in [5, 5.41) is 0. The third-order valence-corrected chi connectivity index (χ3v) is 5.47. The zero-order chi connectivity index (χ0) is 34.3. The molecule has 0 aliphatic rings. The minimum absolute atomic E-state index is 0.192. The molecule has 0 saturated heterocycles. The maximum atomic E-state index is 11.2. The molecule has 0 N–H and O–H groups in total. The maximum absolute atomic E-state index is 11.2. The normalized spacial score (nSPS) is 11.2. The molecule has 0 atom stereocenters. The van der Waals surface area contributed by atoms with Gasteiger partial charge in [0.1, 0.15) is 13.2 Å². The molecule has 0 heterocycles. The van der Waals surface area contributed by atoms with Gasteiger partial charge >= 0.3 is 11.9 Å². The van der Waals surface area contributed by atoms with Crippen molar-refractivity contribution < 1.29 is 71.2 Å². The third-order valence-electron chi connectivity index (χ3n) is 5.47. The van der Waals surface area contributed by atoms with E-state index in [0.717, 1.165) is 6.42 Å². The quantitative estimate of drug-likeness (QED) is 0.0523. The van der Waals surface area contributed by atoms with E-state index in [9.17, 15) is 9.59 Å². The van der Waals surface area contributed by atoms with E-state index in [2.05, 4.69) is 6.58 Å². The first kappa shape index (κ1) is 45.2. The molecule has 0 radical (unpaired) electrons. The van der Waals surface area contributed by atoms with E-state index in [0.29, 0.717) is 157 Å². The second-order valence-corrected chi connectivity index (χ2v) is 9.62. The van der Waals surface area contributed by atoms with E-state index in [1.54, 1.807) is 6.92 Å². The third kappa shape index (κ3) is 38.6. The molecule has 0 aliphatic heterocycles. The number of hydrogen-bond donors (Lipinski definition) is 0. The predicted molar refractivity (Wildman–Crippen MR) is 171 cm³/mol. The molecule has 0 aliphatic carbocycles. The van der Waals surface area contributed by atoms with E-state index in [4.69, 9.17) is 61.6 Å². The van der Waals surface area contributed by atoms with Crippen LogP contribution in [0.15, 0.2) is 12.2 Å². The summed E-state index contributed by atoms with van der Waals surface area (Å²) in [6.45, 7) is 17.7. The average Bonchev–Trinajstić information content (AvgIpc) is 3.06. The van der Waals surface area contributed by atoms with Gasteiger partial charge in [-0.3, -0.25) is 4.79 Å². The summed E-state index contributed by atoms with van der Waals surface area (Å²) in [6.07, 6.45) is 1.22. The average molecular weight is 685 g/mol. The first-order chi connectivity index (χ1) is 23.1. The van der Waals surface area contributed by atoms with Crippen LogP contribution < -0.4 is 0 Å². The highest BCUT2D eigenvalue weighted by atomic mass is 16.6. The van der Waals surface area contributed by atoms with Crippen LogP contribution in [0.2, 0.25) is 0 Å². The van der Waals surface area contributed by atoms with Gasteiger partial charge < -0.3 is 61.6 Å². The number of rotatable bonds is 39. The minimum atomic E-state index is -0.416. The molecular weight excluding hydrogens is 624 g/mol. The van der Waals surface area contributed by atoms with Crippen LogP contribution in [0.4, 0.5) is 0 Å². The summed E-state index contributed by atoms with van der Waals surface area (Å²) in [4.78, 5) is 22.4. The van der Waals surface area contributed by atoms with Gasteiger partial charge in [-0.2, -0.15) is 0 Å². The van der Waals surface area contributed by atoms with Crippen molar-refractivity contribution in [3.05, 3.63) is 12.2 Å². The van der Waals surface area contributed by atoms with E-state index in [1.807, 2.05) is 6.92 Å². The maximum Gasteiger partial charge on any atom is 0.333 e. The van der Waals surface area contributed by atoms with Gasteiger partial charge in [-0.15, -0.1) is 0 Å². The van der Waals surface area contributed by atoms with Crippen LogP contribution in [0.3, 0.4) is 0 Å². The lowest BCUT2D eigenvalue weighted by atomic mass is 10.3. The summed E-state index contributed by atoms with van der Waals surface area (Å²) >= 11 is 0. The summed E-state index contributed by atoms with van der Waals surface area (Å²) in [5.41, 5.74) is 0.367. The van der Waals surface area contributed by atoms with Crippen LogP contribution >= 0.6 is 0 Å². The van der Waals surface area contributed by atoms with Crippen LogP contribution in [0.25, 0.3) is 0 Å². The van der Waals surface area contributed by atoms with Crippen LogP contribution in [-0.2, 0) is 71.2 Å². The first-order valence-corrected chi connectivity index (χ1v) is 16.4. The van der Waals surface area contributed by atoms with Crippen molar-refractivity contribution in [2.45, 2.75) is 26.7 Å². The number of hydrogen-bond acceptors (Lipinski definition) is 15. The Kier molecular flexibility index (Phi) is 37.2. The van der Waals surface area contributed by atoms with Gasteiger partial charge in [0.15, 0.2) is 0 Å². The Morgan fingerprint density at radius 2 is 0.596 bits per heavy atom. The molecule has 278 valence electrons.